The van der Waals surface area contributed by atoms with Gasteiger partial charge in [-0.3, -0.25) is 9.59 Å². The van der Waals surface area contributed by atoms with Crippen LogP contribution in [0.4, 0.5) is 11.5 Å². The van der Waals surface area contributed by atoms with Crippen LogP contribution in [0.3, 0.4) is 0 Å². The van der Waals surface area contributed by atoms with Crippen LogP contribution in [0.2, 0.25) is 10.0 Å². The van der Waals surface area contributed by atoms with E-state index in [-0.39, 0.29) is 27.9 Å². The topological polar surface area (TPSA) is 120 Å². The largest absolute Gasteiger partial charge is 0.480 e. The number of carboxylic acids is 1. The van der Waals surface area contributed by atoms with Gasteiger partial charge in [-0.1, -0.05) is 47.5 Å². The van der Waals surface area contributed by atoms with E-state index >= 15 is 0 Å². The summed E-state index contributed by atoms with van der Waals surface area (Å²) >= 11 is 12.1. The number of rotatable bonds is 11. The summed E-state index contributed by atoms with van der Waals surface area (Å²) in [6.45, 7) is 0.616. The molecule has 3 aromatic rings. The second kappa shape index (κ2) is 12.7. The summed E-state index contributed by atoms with van der Waals surface area (Å²) in [5.74, 6) is -1.24. The lowest BCUT2D eigenvalue weighted by atomic mass is 10.0. The minimum Gasteiger partial charge on any atom is -0.480 e. The molecule has 1 heterocycles. The lowest BCUT2D eigenvalue weighted by molar-refractivity contribution is -0.139. The van der Waals surface area contributed by atoms with Crippen LogP contribution in [0.15, 0.2) is 66.9 Å². The Morgan fingerprint density at radius 2 is 1.66 bits per heavy atom. The lowest BCUT2D eigenvalue weighted by Gasteiger charge is -2.16. The minimum absolute atomic E-state index is 0.0235. The van der Waals surface area contributed by atoms with Crippen LogP contribution in [-0.4, -0.2) is 40.5 Å². The average molecular weight is 515 g/mol. The summed E-state index contributed by atoms with van der Waals surface area (Å²) in [5.41, 5.74) is 1.28. The van der Waals surface area contributed by atoms with Gasteiger partial charge in [-0.25, -0.2) is 9.78 Å². The molecule has 0 fully saturated rings. The van der Waals surface area contributed by atoms with Crippen molar-refractivity contribution in [1.29, 1.82) is 0 Å². The molecule has 8 nitrogen and oxygen atoms in total. The van der Waals surface area contributed by atoms with Crippen molar-refractivity contribution in [3.05, 3.63) is 88.0 Å². The minimum atomic E-state index is -1.20. The Bertz CT molecular complexity index is 1150. The SMILES string of the molecule is O=C(CCCNc1ccccn1)Nc1ccc(CC(NC(=O)c2c(Cl)cccc2Cl)C(=O)O)cc1. The van der Waals surface area contributed by atoms with E-state index in [1.165, 1.54) is 12.1 Å². The van der Waals surface area contributed by atoms with Gasteiger partial charge in [-0.05, 0) is 48.4 Å². The summed E-state index contributed by atoms with van der Waals surface area (Å²) in [5, 5.41) is 18.3. The molecule has 10 heteroatoms. The van der Waals surface area contributed by atoms with E-state index in [2.05, 4.69) is 20.9 Å². The zero-order valence-electron chi connectivity index (χ0n) is 18.6. The molecule has 0 saturated carbocycles. The Labute approximate surface area is 212 Å². The number of aromatic nitrogens is 1. The van der Waals surface area contributed by atoms with Crippen molar-refractivity contribution in [2.45, 2.75) is 25.3 Å². The molecular formula is C25H24Cl2N4O4. The highest BCUT2D eigenvalue weighted by atomic mass is 35.5. The maximum absolute atomic E-state index is 12.6. The van der Waals surface area contributed by atoms with Crippen molar-refractivity contribution >= 4 is 52.5 Å². The van der Waals surface area contributed by atoms with E-state index in [9.17, 15) is 19.5 Å². The molecule has 182 valence electrons. The number of hydrogen-bond donors (Lipinski definition) is 4. The summed E-state index contributed by atoms with van der Waals surface area (Å²) < 4.78 is 0. The third-order valence-corrected chi connectivity index (χ3v) is 5.65. The molecule has 1 aromatic heterocycles. The molecule has 35 heavy (non-hydrogen) atoms. The first-order chi connectivity index (χ1) is 16.8. The van der Waals surface area contributed by atoms with E-state index in [4.69, 9.17) is 23.2 Å². The van der Waals surface area contributed by atoms with Crippen molar-refractivity contribution in [2.75, 3.05) is 17.2 Å². The predicted octanol–water partition coefficient (Wildman–Crippen LogP) is 4.64. The average Bonchev–Trinajstić information content (AvgIpc) is 2.83. The quantitative estimate of drug-likeness (QED) is 0.276. The number of amides is 2. The predicted molar refractivity (Wildman–Crippen MR) is 136 cm³/mol. The number of aliphatic carboxylic acids is 1. The van der Waals surface area contributed by atoms with E-state index < -0.39 is 17.9 Å². The van der Waals surface area contributed by atoms with Crippen molar-refractivity contribution < 1.29 is 19.5 Å². The van der Waals surface area contributed by atoms with Gasteiger partial charge < -0.3 is 21.1 Å². The van der Waals surface area contributed by atoms with Crippen molar-refractivity contribution in [2.24, 2.45) is 0 Å². The van der Waals surface area contributed by atoms with Crippen LogP contribution in [0, 0.1) is 0 Å². The molecule has 4 N–H and O–H groups in total. The maximum Gasteiger partial charge on any atom is 0.326 e. The van der Waals surface area contributed by atoms with Crippen LogP contribution in [0.5, 0.6) is 0 Å². The number of hydrogen-bond acceptors (Lipinski definition) is 5. The standard InChI is InChI=1S/C25H24Cl2N4O4/c26-18-5-3-6-19(27)23(18)24(33)31-20(25(34)35)15-16-9-11-17(12-10-16)30-22(32)8-4-14-29-21-7-1-2-13-28-21/h1-3,5-7,9-13,20H,4,8,14-15H2,(H,28,29)(H,30,32)(H,31,33)(H,34,35). The van der Waals surface area contributed by atoms with Crippen LogP contribution < -0.4 is 16.0 Å². The number of halogens is 2. The summed E-state index contributed by atoms with van der Waals surface area (Å²) in [6.07, 6.45) is 2.70. The highest BCUT2D eigenvalue weighted by Crippen LogP contribution is 2.24. The Morgan fingerprint density at radius 1 is 0.943 bits per heavy atom. The number of pyridine rings is 1. The number of carbonyl (C=O) groups is 3. The maximum atomic E-state index is 12.6. The molecule has 0 aliphatic heterocycles. The Kier molecular flexibility index (Phi) is 9.46. The van der Waals surface area contributed by atoms with Gasteiger partial charge in [0, 0.05) is 31.3 Å². The molecule has 0 spiro atoms. The third kappa shape index (κ3) is 7.98. The van der Waals surface area contributed by atoms with Gasteiger partial charge in [0.25, 0.3) is 5.91 Å². The lowest BCUT2D eigenvalue weighted by Crippen LogP contribution is -2.42. The number of anilines is 2. The summed E-state index contributed by atoms with van der Waals surface area (Å²) in [4.78, 5) is 40.6. The number of carbonyl (C=O) groups excluding carboxylic acids is 2. The number of nitrogens with one attached hydrogen (secondary N) is 3. The first kappa shape index (κ1) is 26.0. The van der Waals surface area contributed by atoms with Crippen molar-refractivity contribution in [1.82, 2.24) is 10.3 Å². The molecule has 1 unspecified atom stereocenters. The Hall–Kier alpha value is -3.62. The fraction of sp³-hybridized carbons (Fsp3) is 0.200. The molecule has 2 amide bonds. The molecule has 1 atom stereocenters. The van der Waals surface area contributed by atoms with Crippen molar-refractivity contribution in [3.63, 3.8) is 0 Å². The fourth-order valence-electron chi connectivity index (χ4n) is 3.26. The van der Waals surface area contributed by atoms with E-state index in [0.29, 0.717) is 30.6 Å². The summed E-state index contributed by atoms with van der Waals surface area (Å²) in [6, 6.07) is 15.7. The van der Waals surface area contributed by atoms with Crippen LogP contribution in [0.25, 0.3) is 0 Å². The van der Waals surface area contributed by atoms with Gasteiger partial charge in [0.1, 0.15) is 11.9 Å². The molecule has 0 bridgehead atoms. The molecule has 0 saturated heterocycles. The molecule has 3 rings (SSSR count). The zero-order valence-corrected chi connectivity index (χ0v) is 20.1. The van der Waals surface area contributed by atoms with E-state index in [0.717, 1.165) is 5.82 Å². The number of benzene rings is 2. The smallest absolute Gasteiger partial charge is 0.326 e. The monoisotopic (exact) mass is 514 g/mol. The molecule has 0 aliphatic carbocycles. The second-order valence-corrected chi connectivity index (χ2v) is 8.47. The van der Waals surface area contributed by atoms with Crippen LogP contribution in [-0.2, 0) is 16.0 Å². The van der Waals surface area contributed by atoms with E-state index in [1.54, 1.807) is 36.5 Å². The van der Waals surface area contributed by atoms with Gasteiger partial charge >= 0.3 is 5.97 Å². The highest BCUT2D eigenvalue weighted by molar-refractivity contribution is 6.39. The van der Waals surface area contributed by atoms with Gasteiger partial charge in [0.05, 0.1) is 15.6 Å². The van der Waals surface area contributed by atoms with Crippen LogP contribution >= 0.6 is 23.2 Å². The Balaban J connectivity index is 1.49. The number of nitrogens with zero attached hydrogens (tertiary/aromatic N) is 1. The normalized spacial score (nSPS) is 11.4. The molecule has 2 aromatic carbocycles. The zero-order chi connectivity index (χ0) is 25.2. The third-order valence-electron chi connectivity index (χ3n) is 5.02. The van der Waals surface area contributed by atoms with Gasteiger partial charge in [0.15, 0.2) is 0 Å². The second-order valence-electron chi connectivity index (χ2n) is 7.66. The number of carboxylic acid groups (broad SMARTS) is 1. The van der Waals surface area contributed by atoms with Crippen LogP contribution in [0.1, 0.15) is 28.8 Å². The first-order valence-corrected chi connectivity index (χ1v) is 11.6. The summed E-state index contributed by atoms with van der Waals surface area (Å²) in [7, 11) is 0. The highest BCUT2D eigenvalue weighted by Gasteiger charge is 2.23. The van der Waals surface area contributed by atoms with Gasteiger partial charge in [0.2, 0.25) is 5.91 Å². The molecular weight excluding hydrogens is 491 g/mol. The van der Waals surface area contributed by atoms with E-state index in [1.807, 2.05) is 18.2 Å². The molecule has 0 radical (unpaired) electrons. The van der Waals surface area contributed by atoms with Crippen molar-refractivity contribution in [3.8, 4) is 0 Å². The first-order valence-electron chi connectivity index (χ1n) is 10.8. The fourth-order valence-corrected chi connectivity index (χ4v) is 3.83. The van der Waals surface area contributed by atoms with Gasteiger partial charge in [-0.15, -0.1) is 0 Å². The molecule has 0 aliphatic rings. The van der Waals surface area contributed by atoms with Gasteiger partial charge in [-0.2, -0.15) is 0 Å². The Morgan fingerprint density at radius 3 is 2.29 bits per heavy atom.